The molecule has 0 saturated carbocycles. The molecule has 0 radical (unpaired) electrons. The molecule has 4 heteroatoms. The molecular formula is C14H19NO3. The van der Waals surface area contributed by atoms with Gasteiger partial charge in [-0.05, 0) is 25.3 Å². The minimum atomic E-state index is -1.10. The van der Waals surface area contributed by atoms with Crippen molar-refractivity contribution >= 4 is 5.91 Å². The number of aliphatic hydroxyl groups is 1. The summed E-state index contributed by atoms with van der Waals surface area (Å²) in [5.41, 5.74) is 1.72. The van der Waals surface area contributed by atoms with Crippen molar-refractivity contribution in [3.8, 4) is 0 Å². The monoisotopic (exact) mass is 249 g/mol. The van der Waals surface area contributed by atoms with Gasteiger partial charge in [-0.2, -0.15) is 0 Å². The fourth-order valence-corrected chi connectivity index (χ4v) is 2.02. The van der Waals surface area contributed by atoms with Crippen LogP contribution in [0.2, 0.25) is 0 Å². The Hall–Kier alpha value is -1.39. The zero-order valence-corrected chi connectivity index (χ0v) is 10.6. The predicted octanol–water partition coefficient (Wildman–Crippen LogP) is 1.32. The highest BCUT2D eigenvalue weighted by Gasteiger charge is 2.20. The first-order valence-corrected chi connectivity index (χ1v) is 6.31. The van der Waals surface area contributed by atoms with Gasteiger partial charge in [-0.3, -0.25) is 4.79 Å². The Labute approximate surface area is 107 Å². The summed E-state index contributed by atoms with van der Waals surface area (Å²) in [6, 6.07) is 7.30. The van der Waals surface area contributed by atoms with Crippen molar-refractivity contribution in [3.05, 3.63) is 35.4 Å². The lowest BCUT2D eigenvalue weighted by atomic mass is 10.1. The summed E-state index contributed by atoms with van der Waals surface area (Å²) in [5, 5.41) is 12.6. The van der Waals surface area contributed by atoms with Crippen LogP contribution in [0.3, 0.4) is 0 Å². The molecule has 2 unspecified atom stereocenters. The number of ether oxygens (including phenoxy) is 1. The van der Waals surface area contributed by atoms with Crippen molar-refractivity contribution in [2.24, 2.45) is 0 Å². The number of hydrogen-bond donors (Lipinski definition) is 2. The van der Waals surface area contributed by atoms with E-state index in [1.165, 1.54) is 0 Å². The van der Waals surface area contributed by atoms with E-state index in [0.29, 0.717) is 12.1 Å². The summed E-state index contributed by atoms with van der Waals surface area (Å²) in [4.78, 5) is 11.8. The van der Waals surface area contributed by atoms with Crippen LogP contribution in [0.1, 0.15) is 30.1 Å². The molecule has 1 amide bonds. The first-order chi connectivity index (χ1) is 8.66. The van der Waals surface area contributed by atoms with Crippen molar-refractivity contribution in [1.82, 2.24) is 5.32 Å². The third-order valence-electron chi connectivity index (χ3n) is 3.17. The molecular weight excluding hydrogens is 230 g/mol. The first-order valence-electron chi connectivity index (χ1n) is 6.31. The zero-order chi connectivity index (χ0) is 13.0. The van der Waals surface area contributed by atoms with Crippen molar-refractivity contribution in [2.75, 3.05) is 13.2 Å². The van der Waals surface area contributed by atoms with Gasteiger partial charge in [0.1, 0.15) is 0 Å². The highest BCUT2D eigenvalue weighted by Crippen LogP contribution is 2.15. The zero-order valence-electron chi connectivity index (χ0n) is 10.6. The molecule has 1 fully saturated rings. The number of benzene rings is 1. The van der Waals surface area contributed by atoms with E-state index in [-0.39, 0.29) is 12.0 Å². The van der Waals surface area contributed by atoms with Gasteiger partial charge in [-0.15, -0.1) is 0 Å². The Morgan fingerprint density at radius 1 is 1.50 bits per heavy atom. The van der Waals surface area contributed by atoms with Crippen LogP contribution in [0.15, 0.2) is 24.3 Å². The molecule has 2 atom stereocenters. The number of nitrogens with one attached hydrogen (secondary N) is 1. The van der Waals surface area contributed by atoms with E-state index in [2.05, 4.69) is 5.32 Å². The predicted molar refractivity (Wildman–Crippen MR) is 68.1 cm³/mol. The topological polar surface area (TPSA) is 58.6 Å². The van der Waals surface area contributed by atoms with E-state index in [1.54, 1.807) is 12.1 Å². The molecule has 2 N–H and O–H groups in total. The summed E-state index contributed by atoms with van der Waals surface area (Å²) in [5.74, 6) is -0.366. The van der Waals surface area contributed by atoms with Gasteiger partial charge in [-0.1, -0.05) is 29.8 Å². The molecule has 1 aromatic rings. The van der Waals surface area contributed by atoms with Crippen LogP contribution >= 0.6 is 0 Å². The van der Waals surface area contributed by atoms with E-state index in [4.69, 9.17) is 4.74 Å². The molecule has 1 aliphatic heterocycles. The number of aryl methyl sites for hydroxylation is 1. The molecule has 1 heterocycles. The quantitative estimate of drug-likeness (QED) is 0.846. The van der Waals surface area contributed by atoms with E-state index in [9.17, 15) is 9.90 Å². The fraction of sp³-hybridized carbons (Fsp3) is 0.500. The van der Waals surface area contributed by atoms with E-state index >= 15 is 0 Å². The van der Waals surface area contributed by atoms with Gasteiger partial charge >= 0.3 is 0 Å². The number of aliphatic hydroxyl groups excluding tert-OH is 1. The molecule has 1 saturated heterocycles. The maximum atomic E-state index is 11.8. The summed E-state index contributed by atoms with van der Waals surface area (Å²) in [6.07, 6.45) is 1.01. The number of hydrogen-bond acceptors (Lipinski definition) is 3. The van der Waals surface area contributed by atoms with Crippen LogP contribution in [-0.4, -0.2) is 30.3 Å². The van der Waals surface area contributed by atoms with Crippen LogP contribution in [0, 0.1) is 6.92 Å². The molecule has 98 valence electrons. The van der Waals surface area contributed by atoms with Crippen LogP contribution < -0.4 is 5.32 Å². The fourth-order valence-electron chi connectivity index (χ4n) is 2.02. The highest BCUT2D eigenvalue weighted by molar-refractivity contribution is 5.81. The summed E-state index contributed by atoms with van der Waals surface area (Å²) >= 11 is 0. The third kappa shape index (κ3) is 3.31. The third-order valence-corrected chi connectivity index (χ3v) is 3.17. The van der Waals surface area contributed by atoms with E-state index < -0.39 is 6.10 Å². The molecule has 2 rings (SSSR count). The lowest BCUT2D eigenvalue weighted by Crippen LogP contribution is -2.35. The van der Waals surface area contributed by atoms with Gasteiger partial charge in [0.05, 0.1) is 6.10 Å². The Morgan fingerprint density at radius 3 is 2.83 bits per heavy atom. The number of carbonyl (C=O) groups is 1. The summed E-state index contributed by atoms with van der Waals surface area (Å²) in [7, 11) is 0. The van der Waals surface area contributed by atoms with Gasteiger partial charge in [0.15, 0.2) is 6.10 Å². The molecule has 1 aliphatic rings. The second-order valence-electron chi connectivity index (χ2n) is 4.69. The second-order valence-corrected chi connectivity index (χ2v) is 4.69. The highest BCUT2D eigenvalue weighted by atomic mass is 16.5. The maximum absolute atomic E-state index is 11.8. The Kier molecular flexibility index (Phi) is 4.33. The Balaban J connectivity index is 1.85. The molecule has 1 aromatic carbocycles. The molecule has 0 spiro atoms. The van der Waals surface area contributed by atoms with Crippen LogP contribution in [0.5, 0.6) is 0 Å². The van der Waals surface area contributed by atoms with Crippen LogP contribution in [0.25, 0.3) is 0 Å². The Bertz CT molecular complexity index is 396. The molecule has 0 aliphatic carbocycles. The molecule has 0 bridgehead atoms. The SMILES string of the molecule is Cc1ccc(C(O)C(=O)NCC2CCCO2)cc1. The van der Waals surface area contributed by atoms with Gasteiger partial charge in [0.2, 0.25) is 0 Å². The average molecular weight is 249 g/mol. The standard InChI is InChI=1S/C14H19NO3/c1-10-4-6-11(7-5-10)13(16)14(17)15-9-12-3-2-8-18-12/h4-7,12-13,16H,2-3,8-9H2,1H3,(H,15,17). The van der Waals surface area contributed by atoms with Crippen molar-refractivity contribution in [1.29, 1.82) is 0 Å². The maximum Gasteiger partial charge on any atom is 0.253 e. The van der Waals surface area contributed by atoms with Gasteiger partial charge in [-0.25, -0.2) is 0 Å². The van der Waals surface area contributed by atoms with E-state index in [0.717, 1.165) is 25.0 Å². The number of rotatable bonds is 4. The lowest BCUT2D eigenvalue weighted by Gasteiger charge is -2.14. The van der Waals surface area contributed by atoms with Gasteiger partial charge in [0, 0.05) is 13.2 Å². The smallest absolute Gasteiger partial charge is 0.253 e. The van der Waals surface area contributed by atoms with Gasteiger partial charge in [0.25, 0.3) is 5.91 Å². The van der Waals surface area contributed by atoms with Crippen LogP contribution in [0.4, 0.5) is 0 Å². The summed E-state index contributed by atoms with van der Waals surface area (Å²) in [6.45, 7) is 3.20. The van der Waals surface area contributed by atoms with E-state index in [1.807, 2.05) is 19.1 Å². The molecule has 18 heavy (non-hydrogen) atoms. The molecule has 0 aromatic heterocycles. The minimum absolute atomic E-state index is 0.0965. The number of carbonyl (C=O) groups excluding carboxylic acids is 1. The van der Waals surface area contributed by atoms with Crippen molar-refractivity contribution in [2.45, 2.75) is 32.0 Å². The largest absolute Gasteiger partial charge is 0.378 e. The van der Waals surface area contributed by atoms with Crippen LogP contribution in [-0.2, 0) is 9.53 Å². The molecule has 4 nitrogen and oxygen atoms in total. The van der Waals surface area contributed by atoms with Crippen molar-refractivity contribution < 1.29 is 14.6 Å². The second kappa shape index (κ2) is 5.98. The van der Waals surface area contributed by atoms with Crippen molar-refractivity contribution in [3.63, 3.8) is 0 Å². The summed E-state index contributed by atoms with van der Waals surface area (Å²) < 4.78 is 5.41. The number of amides is 1. The first kappa shape index (κ1) is 13.1. The Morgan fingerprint density at radius 2 is 2.22 bits per heavy atom. The average Bonchev–Trinajstić information content (AvgIpc) is 2.89. The lowest BCUT2D eigenvalue weighted by molar-refractivity contribution is -0.130. The normalized spacial score (nSPS) is 20.7. The van der Waals surface area contributed by atoms with Gasteiger partial charge < -0.3 is 15.2 Å². The minimum Gasteiger partial charge on any atom is -0.378 e.